The summed E-state index contributed by atoms with van der Waals surface area (Å²) in [6.45, 7) is 3.49. The smallest absolute Gasteiger partial charge is 0.394 e. The molecule has 13 heteroatoms. The molecule has 0 aliphatic carbocycles. The molecule has 0 bridgehead atoms. The zero-order valence-corrected chi connectivity index (χ0v) is 45.9. The summed E-state index contributed by atoms with van der Waals surface area (Å²) >= 11 is 0. The molecule has 0 aromatic carbocycles. The van der Waals surface area contributed by atoms with Gasteiger partial charge in [-0.2, -0.15) is 8.42 Å². The first-order valence-electron chi connectivity index (χ1n) is 29.6. The standard InChI is InChI=1S/C57H111NO11S/c1-3-5-7-9-11-13-15-17-19-20-21-22-23-24-25-26-27-28-29-30-31-33-35-37-39-41-43-45-47-53(61)58-50(49-67-57-55(63)56(69-70(64,65)66)54(62)52(48-59)68-57)51(60)46-44-42-40-38-36-34-32-18-16-14-12-10-8-6-4-2/h24-25,50-52,54-57,59-60,62-63H,3-23,26-49H2,1-2H3,(H,58,61)(H,64,65,66)/b25-24-. The number of aliphatic hydroxyl groups is 4. The molecule has 12 nitrogen and oxygen atoms in total. The number of ether oxygens (including phenoxy) is 2. The van der Waals surface area contributed by atoms with Crippen molar-refractivity contribution in [1.82, 2.24) is 5.32 Å². The monoisotopic (exact) mass is 1020 g/mol. The maximum absolute atomic E-state index is 13.1. The van der Waals surface area contributed by atoms with Crippen molar-refractivity contribution in [2.24, 2.45) is 0 Å². The first kappa shape index (κ1) is 66.9. The normalized spacial score (nSPS) is 19.6. The molecule has 0 radical (unpaired) electrons. The van der Waals surface area contributed by atoms with E-state index >= 15 is 0 Å². The maximum atomic E-state index is 13.1. The van der Waals surface area contributed by atoms with Gasteiger partial charge in [0.15, 0.2) is 6.29 Å². The van der Waals surface area contributed by atoms with Crippen LogP contribution in [0.3, 0.4) is 0 Å². The lowest BCUT2D eigenvalue weighted by Gasteiger charge is -2.41. The highest BCUT2D eigenvalue weighted by Gasteiger charge is 2.48. The van der Waals surface area contributed by atoms with Gasteiger partial charge in [0.2, 0.25) is 5.91 Å². The van der Waals surface area contributed by atoms with Crippen LogP contribution in [0.25, 0.3) is 0 Å². The fourth-order valence-electron chi connectivity index (χ4n) is 9.75. The zero-order chi connectivity index (χ0) is 51.2. The van der Waals surface area contributed by atoms with Crippen molar-refractivity contribution in [3.05, 3.63) is 12.2 Å². The molecule has 1 saturated heterocycles. The van der Waals surface area contributed by atoms with Crippen LogP contribution in [0.1, 0.15) is 290 Å². The lowest BCUT2D eigenvalue weighted by Crippen LogP contribution is -2.61. The molecule has 0 saturated carbocycles. The SMILES string of the molecule is CCCCCCCCCCCCCC/C=C\CCCCCCCCCCCCCCC(=O)NC(COC1OC(CO)C(O)C(OS(=O)(=O)O)C1O)C(O)CCCCCCCCCCCCCCCCC. The Morgan fingerprint density at radius 3 is 1.29 bits per heavy atom. The van der Waals surface area contributed by atoms with Crippen LogP contribution in [0, 0.1) is 0 Å². The van der Waals surface area contributed by atoms with Crippen molar-refractivity contribution in [1.29, 1.82) is 0 Å². The highest BCUT2D eigenvalue weighted by molar-refractivity contribution is 7.80. The van der Waals surface area contributed by atoms with Crippen molar-refractivity contribution in [2.45, 2.75) is 333 Å². The fourth-order valence-corrected chi connectivity index (χ4v) is 10.3. The van der Waals surface area contributed by atoms with Crippen LogP contribution in [-0.4, -0.2) is 95.4 Å². The van der Waals surface area contributed by atoms with Gasteiger partial charge in [0, 0.05) is 6.42 Å². The summed E-state index contributed by atoms with van der Waals surface area (Å²) in [5.41, 5.74) is 0. The highest BCUT2D eigenvalue weighted by atomic mass is 32.3. The summed E-state index contributed by atoms with van der Waals surface area (Å²) in [4.78, 5) is 13.1. The van der Waals surface area contributed by atoms with Crippen LogP contribution in [0.5, 0.6) is 0 Å². The van der Waals surface area contributed by atoms with E-state index in [1.807, 2.05) is 0 Å². The second kappa shape index (κ2) is 47.5. The Balaban J connectivity index is 2.28. The molecular weight excluding hydrogens is 907 g/mol. The number of amides is 1. The van der Waals surface area contributed by atoms with Gasteiger partial charge in [-0.05, 0) is 38.5 Å². The molecule has 0 spiro atoms. The lowest BCUT2D eigenvalue weighted by molar-refractivity contribution is -0.298. The van der Waals surface area contributed by atoms with Crippen LogP contribution >= 0.6 is 0 Å². The number of aliphatic hydroxyl groups excluding tert-OH is 4. The quantitative estimate of drug-likeness (QED) is 0.0193. The third kappa shape index (κ3) is 39.3. The predicted molar refractivity (Wildman–Crippen MR) is 287 cm³/mol. The molecule has 7 unspecified atom stereocenters. The molecular formula is C57H111NO11S. The summed E-state index contributed by atoms with van der Waals surface area (Å²) < 4.78 is 47.9. The summed E-state index contributed by atoms with van der Waals surface area (Å²) in [6, 6.07) is -0.856. The van der Waals surface area contributed by atoms with Gasteiger partial charge in [0.05, 0.1) is 25.4 Å². The number of nitrogens with one attached hydrogen (secondary N) is 1. The van der Waals surface area contributed by atoms with Gasteiger partial charge in [0.1, 0.15) is 24.4 Å². The first-order chi connectivity index (χ1) is 34.0. The number of hydrogen-bond donors (Lipinski definition) is 6. The zero-order valence-electron chi connectivity index (χ0n) is 45.1. The molecule has 6 N–H and O–H groups in total. The van der Waals surface area contributed by atoms with Crippen molar-refractivity contribution in [2.75, 3.05) is 13.2 Å². The van der Waals surface area contributed by atoms with Crippen molar-refractivity contribution < 1.29 is 51.8 Å². The molecule has 1 aliphatic rings. The second-order valence-electron chi connectivity index (χ2n) is 20.9. The molecule has 0 aromatic heterocycles. The molecule has 70 heavy (non-hydrogen) atoms. The van der Waals surface area contributed by atoms with Gasteiger partial charge in [-0.3, -0.25) is 9.35 Å². The molecule has 416 valence electrons. The van der Waals surface area contributed by atoms with Crippen molar-refractivity contribution in [3.63, 3.8) is 0 Å². The van der Waals surface area contributed by atoms with E-state index in [9.17, 15) is 38.2 Å². The van der Waals surface area contributed by atoms with Gasteiger partial charge < -0.3 is 35.2 Å². The summed E-state index contributed by atoms with van der Waals surface area (Å²) in [5.74, 6) is -0.226. The highest BCUT2D eigenvalue weighted by Crippen LogP contribution is 2.26. The van der Waals surface area contributed by atoms with Crippen LogP contribution in [0.15, 0.2) is 12.2 Å². The van der Waals surface area contributed by atoms with E-state index < -0.39 is 59.9 Å². The largest absolute Gasteiger partial charge is 0.397 e. The summed E-state index contributed by atoms with van der Waals surface area (Å²) in [5, 5.41) is 45.1. The number of rotatable bonds is 52. The Morgan fingerprint density at radius 2 is 0.914 bits per heavy atom. The third-order valence-corrected chi connectivity index (χ3v) is 14.8. The van der Waals surface area contributed by atoms with Crippen molar-refractivity contribution >= 4 is 16.3 Å². The molecule has 1 fully saturated rings. The third-order valence-electron chi connectivity index (χ3n) is 14.3. The van der Waals surface area contributed by atoms with Crippen LogP contribution < -0.4 is 5.32 Å². The maximum Gasteiger partial charge on any atom is 0.397 e. The first-order valence-corrected chi connectivity index (χ1v) is 30.9. The van der Waals surface area contributed by atoms with Gasteiger partial charge in [-0.15, -0.1) is 0 Å². The Bertz CT molecular complexity index is 1290. The van der Waals surface area contributed by atoms with Crippen LogP contribution in [-0.2, 0) is 28.9 Å². The van der Waals surface area contributed by atoms with E-state index in [1.165, 1.54) is 212 Å². The Labute approximate surface area is 430 Å². The average molecular weight is 1020 g/mol. The number of allylic oxidation sites excluding steroid dienone is 2. The molecule has 7 atom stereocenters. The fraction of sp³-hybridized carbons (Fsp3) is 0.947. The lowest BCUT2D eigenvalue weighted by atomic mass is 9.99. The minimum Gasteiger partial charge on any atom is -0.394 e. The molecule has 0 aromatic rings. The molecule has 1 amide bonds. The van der Waals surface area contributed by atoms with E-state index in [1.54, 1.807) is 0 Å². The number of carbonyl (C=O) groups is 1. The van der Waals surface area contributed by atoms with E-state index in [-0.39, 0.29) is 12.5 Å². The number of carbonyl (C=O) groups excluding carboxylic acids is 1. The van der Waals surface area contributed by atoms with Crippen molar-refractivity contribution in [3.8, 4) is 0 Å². The minimum atomic E-state index is -5.08. The topological polar surface area (TPSA) is 192 Å². The summed E-state index contributed by atoms with van der Waals surface area (Å²) in [6.07, 6.45) is 48.0. The molecule has 1 aliphatic heterocycles. The second-order valence-corrected chi connectivity index (χ2v) is 22.0. The van der Waals surface area contributed by atoms with E-state index in [4.69, 9.17) is 9.47 Å². The van der Waals surface area contributed by atoms with Crippen LogP contribution in [0.4, 0.5) is 0 Å². The van der Waals surface area contributed by atoms with Gasteiger partial charge in [-0.1, -0.05) is 257 Å². The Hall–Kier alpha value is -1.16. The van der Waals surface area contributed by atoms with Gasteiger partial charge in [-0.25, -0.2) is 4.18 Å². The van der Waals surface area contributed by atoms with Gasteiger partial charge >= 0.3 is 10.4 Å². The Morgan fingerprint density at radius 1 is 0.557 bits per heavy atom. The average Bonchev–Trinajstić information content (AvgIpc) is 3.33. The minimum absolute atomic E-state index is 0.226. The van der Waals surface area contributed by atoms with E-state index in [0.29, 0.717) is 12.8 Å². The predicted octanol–water partition coefficient (Wildman–Crippen LogP) is 13.8. The summed E-state index contributed by atoms with van der Waals surface area (Å²) in [7, 11) is -5.08. The van der Waals surface area contributed by atoms with E-state index in [0.717, 1.165) is 51.4 Å². The number of hydrogen-bond acceptors (Lipinski definition) is 10. The number of unbranched alkanes of at least 4 members (excludes halogenated alkanes) is 38. The van der Waals surface area contributed by atoms with Crippen LogP contribution in [0.2, 0.25) is 0 Å². The van der Waals surface area contributed by atoms with E-state index in [2.05, 4.69) is 35.5 Å². The Kier molecular flexibility index (Phi) is 45.4. The molecule has 1 heterocycles. The van der Waals surface area contributed by atoms with Gasteiger partial charge in [0.25, 0.3) is 0 Å². The molecule has 1 rings (SSSR count).